The molecule has 0 bridgehead atoms. The highest BCUT2D eigenvalue weighted by molar-refractivity contribution is 4.85. The fraction of sp³-hybridized carbons (Fsp3) is 1.00. The predicted molar refractivity (Wildman–Crippen MR) is 60.5 cm³/mol. The van der Waals surface area contributed by atoms with E-state index in [2.05, 4.69) is 24.1 Å². The third-order valence-electron chi connectivity index (χ3n) is 3.94. The van der Waals surface area contributed by atoms with Crippen LogP contribution in [0.2, 0.25) is 0 Å². The van der Waals surface area contributed by atoms with Crippen molar-refractivity contribution in [1.29, 1.82) is 0 Å². The molecule has 2 rings (SSSR count). The second-order valence-electron chi connectivity index (χ2n) is 5.18. The van der Waals surface area contributed by atoms with Gasteiger partial charge < -0.3 is 5.32 Å². The van der Waals surface area contributed by atoms with Gasteiger partial charge in [0.2, 0.25) is 0 Å². The van der Waals surface area contributed by atoms with Gasteiger partial charge in [0.25, 0.3) is 0 Å². The summed E-state index contributed by atoms with van der Waals surface area (Å²) in [4.78, 5) is 2.73. The van der Waals surface area contributed by atoms with Gasteiger partial charge in [0.05, 0.1) is 0 Å². The molecule has 1 saturated carbocycles. The van der Waals surface area contributed by atoms with Crippen molar-refractivity contribution in [2.24, 2.45) is 5.92 Å². The van der Waals surface area contributed by atoms with Crippen molar-refractivity contribution in [2.75, 3.05) is 19.6 Å². The Kier molecular flexibility index (Phi) is 3.45. The standard InChI is InChI=1S/C12H24N2/c1-10-5-3-4-6-12(10)14-8-7-13-11(2)9-14/h10-13H,3-9H2,1-2H3. The SMILES string of the molecule is CC1CN(C2CCCCC2C)CCN1. The molecule has 0 aromatic heterocycles. The van der Waals surface area contributed by atoms with E-state index in [1.54, 1.807) is 0 Å². The topological polar surface area (TPSA) is 15.3 Å². The summed E-state index contributed by atoms with van der Waals surface area (Å²) in [7, 11) is 0. The summed E-state index contributed by atoms with van der Waals surface area (Å²) >= 11 is 0. The van der Waals surface area contributed by atoms with Crippen molar-refractivity contribution in [3.63, 3.8) is 0 Å². The zero-order valence-electron chi connectivity index (χ0n) is 9.63. The molecular formula is C12H24N2. The lowest BCUT2D eigenvalue weighted by molar-refractivity contribution is 0.0842. The first kappa shape index (κ1) is 10.4. The Morgan fingerprint density at radius 2 is 1.93 bits per heavy atom. The third-order valence-corrected chi connectivity index (χ3v) is 3.94. The molecule has 82 valence electrons. The molecule has 1 aliphatic heterocycles. The largest absolute Gasteiger partial charge is 0.312 e. The molecule has 1 heterocycles. The van der Waals surface area contributed by atoms with E-state index in [4.69, 9.17) is 0 Å². The van der Waals surface area contributed by atoms with Gasteiger partial charge >= 0.3 is 0 Å². The molecule has 2 heteroatoms. The van der Waals surface area contributed by atoms with Crippen molar-refractivity contribution in [1.82, 2.24) is 10.2 Å². The first-order chi connectivity index (χ1) is 6.77. The normalized spacial score (nSPS) is 41.1. The molecule has 0 spiro atoms. The minimum absolute atomic E-state index is 0.692. The first-order valence-electron chi connectivity index (χ1n) is 6.25. The minimum Gasteiger partial charge on any atom is -0.312 e. The highest BCUT2D eigenvalue weighted by atomic mass is 15.2. The van der Waals surface area contributed by atoms with Gasteiger partial charge in [-0.3, -0.25) is 4.90 Å². The van der Waals surface area contributed by atoms with E-state index in [1.165, 1.54) is 45.3 Å². The van der Waals surface area contributed by atoms with Crippen LogP contribution >= 0.6 is 0 Å². The Hall–Kier alpha value is -0.0800. The Balaban J connectivity index is 1.91. The number of hydrogen-bond donors (Lipinski definition) is 1. The molecule has 0 radical (unpaired) electrons. The molecule has 0 amide bonds. The van der Waals surface area contributed by atoms with Crippen molar-refractivity contribution < 1.29 is 0 Å². The van der Waals surface area contributed by atoms with Crippen LogP contribution in [0.25, 0.3) is 0 Å². The van der Waals surface area contributed by atoms with Gasteiger partial charge in [-0.15, -0.1) is 0 Å². The number of piperazine rings is 1. The smallest absolute Gasteiger partial charge is 0.0167 e. The molecule has 2 fully saturated rings. The van der Waals surface area contributed by atoms with E-state index in [0.717, 1.165) is 12.0 Å². The van der Waals surface area contributed by atoms with Crippen molar-refractivity contribution in [3.05, 3.63) is 0 Å². The van der Waals surface area contributed by atoms with Gasteiger partial charge in [-0.05, 0) is 25.7 Å². The van der Waals surface area contributed by atoms with E-state index in [0.29, 0.717) is 6.04 Å². The monoisotopic (exact) mass is 196 g/mol. The summed E-state index contributed by atoms with van der Waals surface area (Å²) < 4.78 is 0. The quantitative estimate of drug-likeness (QED) is 0.688. The number of rotatable bonds is 1. The number of hydrogen-bond acceptors (Lipinski definition) is 2. The summed E-state index contributed by atoms with van der Waals surface area (Å²) in [6, 6.07) is 1.58. The third kappa shape index (κ3) is 2.29. The molecule has 3 atom stereocenters. The van der Waals surface area contributed by atoms with Crippen molar-refractivity contribution in [3.8, 4) is 0 Å². The lowest BCUT2D eigenvalue weighted by Crippen LogP contribution is -2.54. The summed E-state index contributed by atoms with van der Waals surface area (Å²) in [5.74, 6) is 0.925. The van der Waals surface area contributed by atoms with E-state index < -0.39 is 0 Å². The van der Waals surface area contributed by atoms with Gasteiger partial charge in [0, 0.05) is 31.7 Å². The van der Waals surface area contributed by atoms with E-state index in [-0.39, 0.29) is 0 Å². The fourth-order valence-corrected chi connectivity index (χ4v) is 3.10. The van der Waals surface area contributed by atoms with Crippen molar-refractivity contribution in [2.45, 2.75) is 51.6 Å². The maximum atomic E-state index is 3.52. The zero-order chi connectivity index (χ0) is 9.97. The van der Waals surface area contributed by atoms with E-state index in [9.17, 15) is 0 Å². The molecule has 1 aliphatic carbocycles. The van der Waals surface area contributed by atoms with Crippen LogP contribution in [0.1, 0.15) is 39.5 Å². The lowest BCUT2D eigenvalue weighted by atomic mass is 9.84. The number of nitrogens with one attached hydrogen (secondary N) is 1. The first-order valence-corrected chi connectivity index (χ1v) is 6.25. The van der Waals surface area contributed by atoms with Gasteiger partial charge in [0.1, 0.15) is 0 Å². The van der Waals surface area contributed by atoms with Crippen LogP contribution in [0.15, 0.2) is 0 Å². The zero-order valence-corrected chi connectivity index (χ0v) is 9.63. The second kappa shape index (κ2) is 4.63. The van der Waals surface area contributed by atoms with Crippen LogP contribution in [0.5, 0.6) is 0 Å². The second-order valence-corrected chi connectivity index (χ2v) is 5.18. The van der Waals surface area contributed by atoms with Crippen LogP contribution in [0.3, 0.4) is 0 Å². The molecule has 0 aromatic carbocycles. The Bertz CT molecular complexity index is 181. The summed E-state index contributed by atoms with van der Waals surface area (Å²) in [5, 5.41) is 3.52. The Morgan fingerprint density at radius 3 is 2.64 bits per heavy atom. The minimum atomic E-state index is 0.692. The van der Waals surface area contributed by atoms with Crippen LogP contribution in [-0.4, -0.2) is 36.6 Å². The maximum Gasteiger partial charge on any atom is 0.0167 e. The average Bonchev–Trinajstić information content (AvgIpc) is 2.18. The Labute approximate surface area is 88.1 Å². The summed E-state index contributed by atoms with van der Waals surface area (Å²) in [6.45, 7) is 8.45. The summed E-state index contributed by atoms with van der Waals surface area (Å²) in [5.41, 5.74) is 0. The maximum absolute atomic E-state index is 3.52. The van der Waals surface area contributed by atoms with Crippen LogP contribution in [-0.2, 0) is 0 Å². The molecule has 0 aromatic rings. The highest BCUT2D eigenvalue weighted by Crippen LogP contribution is 2.28. The van der Waals surface area contributed by atoms with E-state index >= 15 is 0 Å². The Morgan fingerprint density at radius 1 is 1.14 bits per heavy atom. The van der Waals surface area contributed by atoms with Crippen LogP contribution < -0.4 is 5.32 Å². The molecule has 3 unspecified atom stereocenters. The average molecular weight is 196 g/mol. The molecule has 1 saturated heterocycles. The van der Waals surface area contributed by atoms with Crippen LogP contribution in [0.4, 0.5) is 0 Å². The molecule has 2 aliphatic rings. The van der Waals surface area contributed by atoms with Gasteiger partial charge in [0.15, 0.2) is 0 Å². The van der Waals surface area contributed by atoms with Crippen molar-refractivity contribution >= 4 is 0 Å². The lowest BCUT2D eigenvalue weighted by Gasteiger charge is -2.42. The summed E-state index contributed by atoms with van der Waals surface area (Å²) in [6.07, 6.45) is 5.80. The fourth-order valence-electron chi connectivity index (χ4n) is 3.10. The van der Waals surface area contributed by atoms with Crippen LogP contribution in [0, 0.1) is 5.92 Å². The molecular weight excluding hydrogens is 172 g/mol. The van der Waals surface area contributed by atoms with E-state index in [1.807, 2.05) is 0 Å². The highest BCUT2D eigenvalue weighted by Gasteiger charge is 2.29. The molecule has 14 heavy (non-hydrogen) atoms. The number of nitrogens with zero attached hydrogens (tertiary/aromatic N) is 1. The predicted octanol–water partition coefficient (Wildman–Crippen LogP) is 1.86. The molecule has 2 nitrogen and oxygen atoms in total. The van der Waals surface area contributed by atoms with Gasteiger partial charge in [-0.2, -0.15) is 0 Å². The van der Waals surface area contributed by atoms with Gasteiger partial charge in [-0.25, -0.2) is 0 Å². The molecule has 1 N–H and O–H groups in total. The van der Waals surface area contributed by atoms with Gasteiger partial charge in [-0.1, -0.05) is 19.8 Å².